The van der Waals surface area contributed by atoms with Crippen molar-refractivity contribution in [3.63, 3.8) is 0 Å². The molecular weight excluding hydrogens is 374 g/mol. The summed E-state index contributed by atoms with van der Waals surface area (Å²) in [6.07, 6.45) is 4.02. The molecule has 1 amide bonds. The number of ether oxygens (including phenoxy) is 1. The number of anilines is 1. The van der Waals surface area contributed by atoms with Crippen molar-refractivity contribution in [3.8, 4) is 5.75 Å². The van der Waals surface area contributed by atoms with Crippen molar-refractivity contribution >= 4 is 34.2 Å². The van der Waals surface area contributed by atoms with Gasteiger partial charge in [0.05, 0.1) is 11.0 Å². The highest BCUT2D eigenvalue weighted by Crippen LogP contribution is 2.25. The third-order valence-corrected chi connectivity index (χ3v) is 5.42. The van der Waals surface area contributed by atoms with E-state index in [1.54, 1.807) is 19.1 Å². The second kappa shape index (κ2) is 7.84. The van der Waals surface area contributed by atoms with Crippen molar-refractivity contribution in [1.29, 1.82) is 0 Å². The Kier molecular flexibility index (Phi) is 5.27. The number of nitrogens with zero attached hydrogens (tertiary/aromatic N) is 2. The van der Waals surface area contributed by atoms with Gasteiger partial charge in [-0.1, -0.05) is 18.0 Å². The van der Waals surface area contributed by atoms with Crippen LogP contribution in [0, 0.1) is 6.92 Å². The molecule has 1 atom stereocenters. The summed E-state index contributed by atoms with van der Waals surface area (Å²) in [7, 11) is 0. The van der Waals surface area contributed by atoms with Crippen LogP contribution in [-0.4, -0.2) is 21.6 Å². The minimum absolute atomic E-state index is 0.200. The second-order valence-corrected chi connectivity index (χ2v) is 7.79. The van der Waals surface area contributed by atoms with Crippen LogP contribution < -0.4 is 10.1 Å². The van der Waals surface area contributed by atoms with Gasteiger partial charge in [-0.2, -0.15) is 0 Å². The van der Waals surface area contributed by atoms with E-state index >= 15 is 0 Å². The van der Waals surface area contributed by atoms with E-state index in [1.165, 1.54) is 19.3 Å². The molecule has 0 saturated carbocycles. The van der Waals surface area contributed by atoms with Crippen molar-refractivity contribution < 1.29 is 9.53 Å². The Labute approximate surface area is 169 Å². The van der Waals surface area contributed by atoms with Gasteiger partial charge in [0.2, 0.25) is 0 Å². The number of rotatable bonds is 4. The molecule has 3 aromatic rings. The summed E-state index contributed by atoms with van der Waals surface area (Å²) in [5, 5.41) is 3.59. The van der Waals surface area contributed by atoms with E-state index in [-0.39, 0.29) is 5.91 Å². The number of imidazole rings is 1. The highest BCUT2D eigenvalue weighted by molar-refractivity contribution is 6.30. The Morgan fingerprint density at radius 1 is 1.21 bits per heavy atom. The SMILES string of the molecule is Cc1cc(Cl)ccc1OC(C)C(=O)Nc1ccc2c(c1)nc1n2CCCCC1. The van der Waals surface area contributed by atoms with Gasteiger partial charge in [-0.25, -0.2) is 4.98 Å². The fourth-order valence-corrected chi connectivity index (χ4v) is 3.89. The molecule has 6 heteroatoms. The zero-order chi connectivity index (χ0) is 19.7. The summed E-state index contributed by atoms with van der Waals surface area (Å²) in [6.45, 7) is 4.66. The van der Waals surface area contributed by atoms with Gasteiger partial charge in [-0.3, -0.25) is 4.79 Å². The molecule has 4 rings (SSSR count). The standard InChI is InChI=1S/C22H24ClN3O2/c1-14-12-16(23)7-10-20(14)28-15(2)22(27)24-17-8-9-19-18(13-17)25-21-6-4-3-5-11-26(19)21/h7-10,12-13,15H,3-6,11H2,1-2H3,(H,24,27). The maximum atomic E-state index is 12.6. The van der Waals surface area contributed by atoms with Crippen LogP contribution in [0.5, 0.6) is 5.75 Å². The molecular formula is C22H24ClN3O2. The quantitative estimate of drug-likeness (QED) is 0.663. The first-order valence-corrected chi connectivity index (χ1v) is 10.1. The van der Waals surface area contributed by atoms with Gasteiger partial charge in [0.1, 0.15) is 11.6 Å². The van der Waals surface area contributed by atoms with Gasteiger partial charge in [0, 0.05) is 23.7 Å². The number of aryl methyl sites for hydroxylation is 3. The summed E-state index contributed by atoms with van der Waals surface area (Å²) in [6, 6.07) is 11.3. The fourth-order valence-electron chi connectivity index (χ4n) is 3.66. The smallest absolute Gasteiger partial charge is 0.265 e. The fraction of sp³-hybridized carbons (Fsp3) is 0.364. The van der Waals surface area contributed by atoms with Gasteiger partial charge in [-0.05, 0) is 68.7 Å². The lowest BCUT2D eigenvalue weighted by Crippen LogP contribution is -2.30. The minimum atomic E-state index is -0.630. The summed E-state index contributed by atoms with van der Waals surface area (Å²) in [4.78, 5) is 17.4. The Balaban J connectivity index is 1.48. The number of fused-ring (bicyclic) bond motifs is 3. The summed E-state index contributed by atoms with van der Waals surface area (Å²) in [5.74, 6) is 1.60. The summed E-state index contributed by atoms with van der Waals surface area (Å²) >= 11 is 5.98. The lowest BCUT2D eigenvalue weighted by molar-refractivity contribution is -0.122. The number of benzene rings is 2. The van der Waals surface area contributed by atoms with Crippen LogP contribution in [0.2, 0.25) is 5.02 Å². The maximum Gasteiger partial charge on any atom is 0.265 e. The second-order valence-electron chi connectivity index (χ2n) is 7.35. The predicted molar refractivity (Wildman–Crippen MR) is 112 cm³/mol. The van der Waals surface area contributed by atoms with Crippen LogP contribution in [0.4, 0.5) is 5.69 Å². The van der Waals surface area contributed by atoms with Gasteiger partial charge >= 0.3 is 0 Å². The number of carbonyl (C=O) groups excluding carboxylic acids is 1. The van der Waals surface area contributed by atoms with Crippen LogP contribution >= 0.6 is 11.6 Å². The molecule has 1 aromatic heterocycles. The zero-order valence-corrected chi connectivity index (χ0v) is 16.9. The number of amides is 1. The maximum absolute atomic E-state index is 12.6. The molecule has 146 valence electrons. The number of halogens is 1. The van der Waals surface area contributed by atoms with Crippen LogP contribution in [0.25, 0.3) is 11.0 Å². The average molecular weight is 398 g/mol. The van der Waals surface area contributed by atoms with E-state index in [0.29, 0.717) is 10.8 Å². The summed E-state index contributed by atoms with van der Waals surface area (Å²) in [5.41, 5.74) is 3.69. The average Bonchev–Trinajstić information content (AvgIpc) is 2.83. The molecule has 1 aliphatic rings. The highest BCUT2D eigenvalue weighted by atomic mass is 35.5. The number of hydrogen-bond donors (Lipinski definition) is 1. The van der Waals surface area contributed by atoms with Crippen LogP contribution in [0.1, 0.15) is 37.6 Å². The minimum Gasteiger partial charge on any atom is -0.481 e. The normalized spacial score (nSPS) is 15.0. The Morgan fingerprint density at radius 3 is 2.89 bits per heavy atom. The molecule has 0 saturated heterocycles. The first kappa shape index (κ1) is 18.8. The Morgan fingerprint density at radius 2 is 2.07 bits per heavy atom. The zero-order valence-electron chi connectivity index (χ0n) is 16.2. The Bertz CT molecular complexity index is 1030. The first-order valence-electron chi connectivity index (χ1n) is 9.74. The highest BCUT2D eigenvalue weighted by Gasteiger charge is 2.18. The molecule has 0 bridgehead atoms. The number of aromatic nitrogens is 2. The van der Waals surface area contributed by atoms with E-state index in [4.69, 9.17) is 21.3 Å². The van der Waals surface area contributed by atoms with Gasteiger partial charge < -0.3 is 14.6 Å². The molecule has 0 spiro atoms. The van der Waals surface area contributed by atoms with E-state index < -0.39 is 6.10 Å². The van der Waals surface area contributed by atoms with Crippen molar-refractivity contribution in [2.45, 2.75) is 52.2 Å². The van der Waals surface area contributed by atoms with Gasteiger partial charge in [0.25, 0.3) is 5.91 Å². The van der Waals surface area contributed by atoms with E-state index in [0.717, 1.165) is 41.1 Å². The lowest BCUT2D eigenvalue weighted by atomic mass is 10.2. The third kappa shape index (κ3) is 3.85. The van der Waals surface area contributed by atoms with Gasteiger partial charge in [0.15, 0.2) is 6.10 Å². The number of hydrogen-bond acceptors (Lipinski definition) is 3. The van der Waals surface area contributed by atoms with Crippen molar-refractivity contribution in [1.82, 2.24) is 9.55 Å². The van der Waals surface area contributed by atoms with Crippen LogP contribution in [0.3, 0.4) is 0 Å². The molecule has 5 nitrogen and oxygen atoms in total. The molecule has 1 aliphatic heterocycles. The van der Waals surface area contributed by atoms with Gasteiger partial charge in [-0.15, -0.1) is 0 Å². The Hall–Kier alpha value is -2.53. The predicted octanol–water partition coefficient (Wildman–Crippen LogP) is 5.13. The molecule has 1 unspecified atom stereocenters. The topological polar surface area (TPSA) is 56.1 Å². The first-order chi connectivity index (χ1) is 13.5. The molecule has 0 fully saturated rings. The molecule has 1 N–H and O–H groups in total. The van der Waals surface area contributed by atoms with E-state index in [2.05, 4.69) is 9.88 Å². The van der Waals surface area contributed by atoms with E-state index in [1.807, 2.05) is 31.2 Å². The molecule has 2 aromatic carbocycles. The van der Waals surface area contributed by atoms with Crippen LogP contribution in [-0.2, 0) is 17.8 Å². The molecule has 0 aliphatic carbocycles. The monoisotopic (exact) mass is 397 g/mol. The molecule has 28 heavy (non-hydrogen) atoms. The molecule has 0 radical (unpaired) electrons. The van der Waals surface area contributed by atoms with Crippen LogP contribution in [0.15, 0.2) is 36.4 Å². The van der Waals surface area contributed by atoms with E-state index in [9.17, 15) is 4.79 Å². The summed E-state index contributed by atoms with van der Waals surface area (Å²) < 4.78 is 8.12. The largest absolute Gasteiger partial charge is 0.481 e. The number of carbonyl (C=O) groups is 1. The lowest BCUT2D eigenvalue weighted by Gasteiger charge is -2.16. The van der Waals surface area contributed by atoms with Crippen molar-refractivity contribution in [2.24, 2.45) is 0 Å². The number of nitrogens with one attached hydrogen (secondary N) is 1. The molecule has 2 heterocycles. The third-order valence-electron chi connectivity index (χ3n) is 5.19. The van der Waals surface area contributed by atoms with Crippen molar-refractivity contribution in [3.05, 3.63) is 52.8 Å². The van der Waals surface area contributed by atoms with Crippen molar-refractivity contribution in [2.75, 3.05) is 5.32 Å².